The molecule has 1 aromatic heterocycles. The molecule has 90 valence electrons. The molecule has 3 nitrogen and oxygen atoms in total. The number of H-pyrrole nitrogens is 1. The average molecular weight is 355 g/mol. The molecule has 0 spiro atoms. The molecule has 0 amide bonds. The first-order valence-electron chi connectivity index (χ1n) is 3.67. The molecule has 0 aliphatic heterocycles. The van der Waals surface area contributed by atoms with E-state index in [1.807, 2.05) is 0 Å². The summed E-state index contributed by atoms with van der Waals surface area (Å²) in [6.45, 7) is 0. The summed E-state index contributed by atoms with van der Waals surface area (Å²) in [6, 6.07) is 0.446. The minimum Gasteiger partial charge on any atom is -0.390 e. The van der Waals surface area contributed by atoms with Gasteiger partial charge < -0.3 is 4.74 Å². The van der Waals surface area contributed by atoms with E-state index in [0.717, 1.165) is 0 Å². The Labute approximate surface area is 98.7 Å². The number of nitrogens with one attached hydrogen (secondary N) is 1. The quantitative estimate of drug-likeness (QED) is 0.655. The van der Waals surface area contributed by atoms with Crippen molar-refractivity contribution in [2.24, 2.45) is 0 Å². The maximum Gasteiger partial charge on any atom is 0.574 e. The Balaban J connectivity index is 3.20. The summed E-state index contributed by atoms with van der Waals surface area (Å²) in [6.07, 6.45) is -8.10. The lowest BCUT2D eigenvalue weighted by Gasteiger charge is -2.10. The van der Waals surface area contributed by atoms with Crippen molar-refractivity contribution in [1.82, 2.24) is 4.98 Å². The summed E-state index contributed by atoms with van der Waals surface area (Å²) in [5, 5.41) is 0. The summed E-state index contributed by atoms with van der Waals surface area (Å²) in [5.41, 5.74) is -1.86. The van der Waals surface area contributed by atoms with Gasteiger partial charge in [0.2, 0.25) is 5.88 Å². The SMILES string of the molecule is O=c1[nH]c(OC(F)(F)F)cc(C(F)F)c1I. The molecule has 1 N–H and O–H groups in total. The van der Waals surface area contributed by atoms with Crippen LogP contribution in [0, 0.1) is 3.57 Å². The molecule has 0 aliphatic rings. The van der Waals surface area contributed by atoms with Gasteiger partial charge >= 0.3 is 6.36 Å². The molecule has 16 heavy (non-hydrogen) atoms. The number of aromatic amines is 1. The highest BCUT2D eigenvalue weighted by Gasteiger charge is 2.32. The van der Waals surface area contributed by atoms with Crippen molar-refractivity contribution in [3.05, 3.63) is 25.6 Å². The van der Waals surface area contributed by atoms with Crippen molar-refractivity contribution < 1.29 is 26.7 Å². The van der Waals surface area contributed by atoms with Crippen molar-refractivity contribution in [3.8, 4) is 5.88 Å². The van der Waals surface area contributed by atoms with E-state index in [1.165, 1.54) is 22.6 Å². The van der Waals surface area contributed by atoms with Crippen molar-refractivity contribution in [1.29, 1.82) is 0 Å². The Bertz CT molecular complexity index is 441. The number of hydrogen-bond acceptors (Lipinski definition) is 2. The van der Waals surface area contributed by atoms with Crippen LogP contribution in [0.15, 0.2) is 10.9 Å². The van der Waals surface area contributed by atoms with Gasteiger partial charge in [-0.05, 0) is 22.6 Å². The molecule has 0 unspecified atom stereocenters. The number of rotatable bonds is 2. The second-order valence-corrected chi connectivity index (χ2v) is 3.66. The first kappa shape index (κ1) is 13.2. The second-order valence-electron chi connectivity index (χ2n) is 2.58. The number of hydrogen-bond donors (Lipinski definition) is 1. The van der Waals surface area contributed by atoms with Crippen LogP contribution in [0.4, 0.5) is 22.0 Å². The van der Waals surface area contributed by atoms with Crippen LogP contribution in [0.5, 0.6) is 5.88 Å². The van der Waals surface area contributed by atoms with Gasteiger partial charge in [-0.25, -0.2) is 8.78 Å². The Hall–Kier alpha value is -0.870. The van der Waals surface area contributed by atoms with Gasteiger partial charge in [-0.2, -0.15) is 0 Å². The molecule has 1 heterocycles. The molecule has 0 fully saturated rings. The molecule has 0 aromatic carbocycles. The molecule has 0 radical (unpaired) electrons. The monoisotopic (exact) mass is 355 g/mol. The Morgan fingerprint density at radius 2 is 1.94 bits per heavy atom. The van der Waals surface area contributed by atoms with Gasteiger partial charge in [0.1, 0.15) is 0 Å². The van der Waals surface area contributed by atoms with Crippen LogP contribution in [0.25, 0.3) is 0 Å². The van der Waals surface area contributed by atoms with Gasteiger partial charge in [0.25, 0.3) is 12.0 Å². The van der Waals surface area contributed by atoms with Crippen LogP contribution in [0.1, 0.15) is 12.0 Å². The molecule has 0 bridgehead atoms. The minimum atomic E-state index is -5.05. The van der Waals surface area contributed by atoms with Crippen LogP contribution in [-0.4, -0.2) is 11.3 Å². The lowest BCUT2D eigenvalue weighted by Crippen LogP contribution is -2.22. The summed E-state index contributed by atoms with van der Waals surface area (Å²) < 4.78 is 62.9. The maximum absolute atomic E-state index is 12.3. The van der Waals surface area contributed by atoms with Gasteiger partial charge in [-0.3, -0.25) is 9.78 Å². The standard InChI is InChI=1S/C7H3F5INO2/c8-5(9)2-1-3(16-7(10,11)12)14-6(15)4(2)13/h1,5H,(H,14,15). The number of pyridine rings is 1. The van der Waals surface area contributed by atoms with Crippen LogP contribution in [0.3, 0.4) is 0 Å². The Morgan fingerprint density at radius 3 is 2.38 bits per heavy atom. The second kappa shape index (κ2) is 4.55. The van der Waals surface area contributed by atoms with Gasteiger partial charge in [-0.15, -0.1) is 13.2 Å². The zero-order valence-corrected chi connectivity index (χ0v) is 9.40. The van der Waals surface area contributed by atoms with Gasteiger partial charge in [0.05, 0.1) is 3.57 Å². The zero-order chi connectivity index (χ0) is 12.5. The topological polar surface area (TPSA) is 42.1 Å². The van der Waals surface area contributed by atoms with Crippen molar-refractivity contribution in [2.75, 3.05) is 0 Å². The minimum absolute atomic E-state index is 0.373. The molecule has 0 saturated carbocycles. The van der Waals surface area contributed by atoms with E-state index in [0.29, 0.717) is 6.07 Å². The molecule has 9 heteroatoms. The normalized spacial score (nSPS) is 11.9. The number of halogens is 6. The third-order valence-corrected chi connectivity index (χ3v) is 2.55. The third-order valence-electron chi connectivity index (χ3n) is 1.44. The van der Waals surface area contributed by atoms with Gasteiger partial charge in [0.15, 0.2) is 0 Å². The smallest absolute Gasteiger partial charge is 0.390 e. The fourth-order valence-corrected chi connectivity index (χ4v) is 1.40. The largest absolute Gasteiger partial charge is 0.574 e. The van der Waals surface area contributed by atoms with E-state index in [-0.39, 0.29) is 3.57 Å². The Morgan fingerprint density at radius 1 is 1.38 bits per heavy atom. The van der Waals surface area contributed by atoms with E-state index in [1.54, 1.807) is 4.98 Å². The Kier molecular flexibility index (Phi) is 3.76. The summed E-state index contributed by atoms with van der Waals surface area (Å²) in [5.74, 6) is -1.06. The summed E-state index contributed by atoms with van der Waals surface area (Å²) >= 11 is 1.31. The number of alkyl halides is 5. The first-order chi connectivity index (χ1) is 7.20. The molecule has 0 atom stereocenters. The van der Waals surface area contributed by atoms with Gasteiger partial charge in [0, 0.05) is 11.6 Å². The van der Waals surface area contributed by atoms with Crippen LogP contribution < -0.4 is 10.3 Å². The zero-order valence-electron chi connectivity index (χ0n) is 7.24. The maximum atomic E-state index is 12.3. The molecular formula is C7H3F5INO2. The van der Waals surface area contributed by atoms with E-state index < -0.39 is 29.8 Å². The molecule has 1 aromatic rings. The summed E-state index contributed by atoms with van der Waals surface area (Å²) in [7, 11) is 0. The van der Waals surface area contributed by atoms with E-state index >= 15 is 0 Å². The molecular weight excluding hydrogens is 352 g/mol. The van der Waals surface area contributed by atoms with Crippen molar-refractivity contribution in [3.63, 3.8) is 0 Å². The average Bonchev–Trinajstić information content (AvgIpc) is 2.07. The van der Waals surface area contributed by atoms with Crippen LogP contribution >= 0.6 is 22.6 Å². The predicted molar refractivity (Wildman–Crippen MR) is 51.4 cm³/mol. The van der Waals surface area contributed by atoms with Crippen LogP contribution in [-0.2, 0) is 0 Å². The molecule has 0 aliphatic carbocycles. The molecule has 1 rings (SSSR count). The highest BCUT2D eigenvalue weighted by molar-refractivity contribution is 14.1. The fourth-order valence-electron chi connectivity index (χ4n) is 0.877. The lowest BCUT2D eigenvalue weighted by molar-refractivity contribution is -0.276. The highest BCUT2D eigenvalue weighted by atomic mass is 127. The molecule has 0 saturated heterocycles. The van der Waals surface area contributed by atoms with E-state index in [9.17, 15) is 26.7 Å². The highest BCUT2D eigenvalue weighted by Crippen LogP contribution is 2.27. The number of aromatic nitrogens is 1. The van der Waals surface area contributed by atoms with Crippen LogP contribution in [0.2, 0.25) is 0 Å². The predicted octanol–water partition coefficient (Wildman–Crippen LogP) is 2.82. The van der Waals surface area contributed by atoms with Crippen molar-refractivity contribution >= 4 is 22.6 Å². The fraction of sp³-hybridized carbons (Fsp3) is 0.286. The van der Waals surface area contributed by atoms with E-state index in [2.05, 4.69) is 4.74 Å². The van der Waals surface area contributed by atoms with Crippen molar-refractivity contribution in [2.45, 2.75) is 12.8 Å². The first-order valence-corrected chi connectivity index (χ1v) is 4.75. The third kappa shape index (κ3) is 3.32. The van der Waals surface area contributed by atoms with Gasteiger partial charge in [-0.1, -0.05) is 0 Å². The number of ether oxygens (including phenoxy) is 1. The summed E-state index contributed by atoms with van der Waals surface area (Å²) in [4.78, 5) is 12.7. The van der Waals surface area contributed by atoms with E-state index in [4.69, 9.17) is 0 Å². The lowest BCUT2D eigenvalue weighted by atomic mass is 10.3.